The van der Waals surface area contributed by atoms with E-state index in [0.717, 1.165) is 11.0 Å². The average Bonchev–Trinajstić information content (AvgIpc) is 2.95. The van der Waals surface area contributed by atoms with E-state index in [0.29, 0.717) is 5.75 Å². The normalized spacial score (nSPS) is 14.0. The number of pyridine rings is 1. The molecule has 0 fully saturated rings. The van der Waals surface area contributed by atoms with Crippen molar-refractivity contribution in [1.82, 2.24) is 25.2 Å². The van der Waals surface area contributed by atoms with Crippen molar-refractivity contribution < 1.29 is 18.6 Å². The van der Waals surface area contributed by atoms with Gasteiger partial charge in [0.05, 0.1) is 18.2 Å². The van der Waals surface area contributed by atoms with Gasteiger partial charge < -0.3 is 9.84 Å². The zero-order valence-corrected chi connectivity index (χ0v) is 10.2. The van der Waals surface area contributed by atoms with E-state index in [1.165, 1.54) is 24.6 Å². The highest BCUT2D eigenvalue weighted by atomic mass is 19.3. The summed E-state index contributed by atoms with van der Waals surface area (Å²) < 4.78 is 31.5. The number of rotatable bonds is 6. The molecule has 0 aromatic carbocycles. The van der Waals surface area contributed by atoms with Gasteiger partial charge in [-0.1, -0.05) is 6.58 Å². The van der Waals surface area contributed by atoms with E-state index in [1.54, 1.807) is 0 Å². The predicted octanol–water partition coefficient (Wildman–Crippen LogP) is 0.806. The Morgan fingerprint density at radius 1 is 1.40 bits per heavy atom. The summed E-state index contributed by atoms with van der Waals surface area (Å²) in [7, 11) is 0. The molecule has 106 valence electrons. The van der Waals surface area contributed by atoms with Crippen LogP contribution in [0.15, 0.2) is 37.5 Å². The minimum absolute atomic E-state index is 0.182. The molecule has 0 amide bonds. The Morgan fingerprint density at radius 3 is 2.70 bits per heavy atom. The number of tetrazole rings is 1. The zero-order chi connectivity index (χ0) is 14.5. The molecular weight excluding hydrogens is 272 g/mol. The number of alkyl halides is 2. The Balaban J connectivity index is 2.33. The first kappa shape index (κ1) is 14.0. The van der Waals surface area contributed by atoms with Crippen LogP contribution in [-0.4, -0.2) is 42.8 Å². The number of nitrogens with zero attached hydrogens (tertiary/aromatic N) is 5. The molecule has 0 bridgehead atoms. The van der Waals surface area contributed by atoms with E-state index in [9.17, 15) is 13.9 Å². The monoisotopic (exact) mass is 283 g/mol. The molecule has 0 saturated heterocycles. The third-order valence-corrected chi connectivity index (χ3v) is 2.51. The summed E-state index contributed by atoms with van der Waals surface area (Å²) >= 11 is 0. The highest BCUT2D eigenvalue weighted by molar-refractivity contribution is 5.23. The minimum Gasteiger partial charge on any atom is -0.464 e. The number of aliphatic hydroxyl groups excluding tert-OH is 1. The van der Waals surface area contributed by atoms with Crippen LogP contribution in [0.4, 0.5) is 8.78 Å². The van der Waals surface area contributed by atoms with E-state index in [4.69, 9.17) is 4.74 Å². The molecule has 2 heterocycles. The molecule has 0 saturated carbocycles. The lowest BCUT2D eigenvalue weighted by atomic mass is 10.1. The molecule has 20 heavy (non-hydrogen) atoms. The maximum absolute atomic E-state index is 12.8. The first-order valence-corrected chi connectivity index (χ1v) is 5.55. The van der Waals surface area contributed by atoms with Gasteiger partial charge in [-0.25, -0.2) is 13.5 Å². The molecule has 1 N–H and O–H groups in total. The van der Waals surface area contributed by atoms with Crippen LogP contribution < -0.4 is 4.74 Å². The number of hydrogen-bond donors (Lipinski definition) is 1. The van der Waals surface area contributed by atoms with Crippen molar-refractivity contribution in [2.45, 2.75) is 18.6 Å². The molecule has 2 unspecified atom stereocenters. The van der Waals surface area contributed by atoms with Gasteiger partial charge in [0, 0.05) is 0 Å². The number of halogens is 2. The van der Waals surface area contributed by atoms with Crippen molar-refractivity contribution >= 4 is 0 Å². The Bertz CT molecular complexity index is 546. The third kappa shape index (κ3) is 2.94. The smallest absolute Gasteiger partial charge is 0.266 e. The van der Waals surface area contributed by atoms with Crippen molar-refractivity contribution in [1.29, 1.82) is 0 Å². The van der Waals surface area contributed by atoms with Crippen LogP contribution in [0.25, 0.3) is 0 Å². The Kier molecular flexibility index (Phi) is 4.31. The highest BCUT2D eigenvalue weighted by Gasteiger charge is 2.32. The molecule has 7 nitrogen and oxygen atoms in total. The first-order chi connectivity index (χ1) is 9.63. The van der Waals surface area contributed by atoms with Crippen LogP contribution in [0.3, 0.4) is 0 Å². The average molecular weight is 283 g/mol. The van der Waals surface area contributed by atoms with E-state index in [1.807, 2.05) is 0 Å². The lowest BCUT2D eigenvalue weighted by molar-refractivity contribution is -0.0292. The maximum Gasteiger partial charge on any atom is 0.266 e. The summed E-state index contributed by atoms with van der Waals surface area (Å²) in [6.07, 6.45) is -1.28. The summed E-state index contributed by atoms with van der Waals surface area (Å²) in [5.74, 6) is 0.394. The number of aliphatic hydroxyl groups is 1. The van der Waals surface area contributed by atoms with Gasteiger partial charge >= 0.3 is 0 Å². The summed E-state index contributed by atoms with van der Waals surface area (Å²) in [6, 6.07) is 1.76. The first-order valence-electron chi connectivity index (χ1n) is 5.55. The van der Waals surface area contributed by atoms with Crippen LogP contribution >= 0.6 is 0 Å². The zero-order valence-electron chi connectivity index (χ0n) is 10.2. The topological polar surface area (TPSA) is 86.0 Å². The van der Waals surface area contributed by atoms with Gasteiger partial charge in [-0.2, -0.15) is 0 Å². The predicted molar refractivity (Wildman–Crippen MR) is 63.0 cm³/mol. The Labute approximate surface area is 112 Å². The van der Waals surface area contributed by atoms with Crippen molar-refractivity contribution in [3.05, 3.63) is 43.2 Å². The lowest BCUT2D eigenvalue weighted by Crippen LogP contribution is -2.32. The molecule has 0 radical (unpaired) electrons. The summed E-state index contributed by atoms with van der Waals surface area (Å²) in [4.78, 5) is 3.97. The molecule has 9 heteroatoms. The molecule has 2 rings (SSSR count). The fourth-order valence-corrected chi connectivity index (χ4v) is 1.63. The van der Waals surface area contributed by atoms with Gasteiger partial charge in [-0.3, -0.25) is 4.98 Å². The standard InChI is InChI=1S/C11H11F2N5O2/c1-2-20-7-3-4-8(14-5-7)9(10(19)11(12)13)18-6-15-16-17-18/h2-6,9-11,19H,1H2. The summed E-state index contributed by atoms with van der Waals surface area (Å²) in [5, 5.41) is 19.9. The van der Waals surface area contributed by atoms with Crippen LogP contribution in [0.1, 0.15) is 11.7 Å². The molecule has 0 spiro atoms. The van der Waals surface area contributed by atoms with Crippen molar-refractivity contribution in [2.24, 2.45) is 0 Å². The Morgan fingerprint density at radius 2 is 2.20 bits per heavy atom. The number of hydrogen-bond acceptors (Lipinski definition) is 6. The second kappa shape index (κ2) is 6.15. The molecule has 0 aliphatic rings. The fraction of sp³-hybridized carbons (Fsp3) is 0.273. The van der Waals surface area contributed by atoms with Gasteiger partial charge in [-0.05, 0) is 22.6 Å². The molecule has 0 aliphatic heterocycles. The van der Waals surface area contributed by atoms with Crippen LogP contribution in [0.2, 0.25) is 0 Å². The highest BCUT2D eigenvalue weighted by Crippen LogP contribution is 2.24. The van der Waals surface area contributed by atoms with Gasteiger partial charge in [0.25, 0.3) is 6.43 Å². The fourth-order valence-electron chi connectivity index (χ4n) is 1.63. The van der Waals surface area contributed by atoms with E-state index >= 15 is 0 Å². The van der Waals surface area contributed by atoms with Crippen LogP contribution in [-0.2, 0) is 0 Å². The SMILES string of the molecule is C=COc1ccc(C(C(O)C(F)F)n2cnnn2)nc1. The van der Waals surface area contributed by atoms with Gasteiger partial charge in [0.1, 0.15) is 24.2 Å². The second-order valence-corrected chi connectivity index (χ2v) is 3.76. The Hall–Kier alpha value is -2.42. The van der Waals surface area contributed by atoms with Crippen molar-refractivity contribution in [3.8, 4) is 5.75 Å². The van der Waals surface area contributed by atoms with E-state index < -0.39 is 18.6 Å². The van der Waals surface area contributed by atoms with E-state index in [-0.39, 0.29) is 5.69 Å². The minimum atomic E-state index is -2.96. The van der Waals surface area contributed by atoms with Gasteiger partial charge in [0.15, 0.2) is 0 Å². The molecule has 2 aromatic rings. The summed E-state index contributed by atoms with van der Waals surface area (Å²) in [5.41, 5.74) is 0.182. The quantitative estimate of drug-likeness (QED) is 0.789. The van der Waals surface area contributed by atoms with Crippen LogP contribution in [0.5, 0.6) is 5.75 Å². The van der Waals surface area contributed by atoms with E-state index in [2.05, 4.69) is 27.1 Å². The third-order valence-electron chi connectivity index (χ3n) is 2.51. The van der Waals surface area contributed by atoms with Crippen LogP contribution in [0, 0.1) is 0 Å². The maximum atomic E-state index is 12.8. The number of aromatic nitrogens is 5. The molecule has 2 atom stereocenters. The number of ether oxygens (including phenoxy) is 1. The molecule has 2 aromatic heterocycles. The largest absolute Gasteiger partial charge is 0.464 e. The second-order valence-electron chi connectivity index (χ2n) is 3.76. The van der Waals surface area contributed by atoms with Crippen molar-refractivity contribution in [3.63, 3.8) is 0 Å². The van der Waals surface area contributed by atoms with Crippen molar-refractivity contribution in [2.75, 3.05) is 0 Å². The lowest BCUT2D eigenvalue weighted by Gasteiger charge is -2.21. The van der Waals surface area contributed by atoms with Gasteiger partial charge in [0.2, 0.25) is 0 Å². The molecular formula is C11H11F2N5O2. The van der Waals surface area contributed by atoms with Gasteiger partial charge in [-0.15, -0.1) is 5.10 Å². The molecule has 0 aliphatic carbocycles. The summed E-state index contributed by atoms with van der Waals surface area (Å²) in [6.45, 7) is 3.39.